The van der Waals surface area contributed by atoms with Crippen molar-refractivity contribution in [3.63, 3.8) is 0 Å². The van der Waals surface area contributed by atoms with Crippen LogP contribution in [0.4, 0.5) is 0 Å². The Balaban J connectivity index is 3.96. The fourth-order valence-electron chi connectivity index (χ4n) is 0.665. The van der Waals surface area contributed by atoms with Gasteiger partial charge in [-0.1, -0.05) is 6.08 Å². The summed E-state index contributed by atoms with van der Waals surface area (Å²) in [5.74, 6) is 0.910. The van der Waals surface area contributed by atoms with Gasteiger partial charge in [0.15, 0.2) is 5.96 Å². The first-order chi connectivity index (χ1) is 5.22. The number of hydrogen-bond acceptors (Lipinski definition) is 1. The molecule has 0 aromatic carbocycles. The maximum atomic E-state index is 4.24. The Morgan fingerprint density at radius 2 is 2.27 bits per heavy atom. The lowest BCUT2D eigenvalue weighted by Crippen LogP contribution is -2.36. The van der Waals surface area contributed by atoms with Crippen molar-refractivity contribution in [2.45, 2.75) is 6.92 Å². The molecule has 64 valence electrons. The summed E-state index contributed by atoms with van der Waals surface area (Å²) in [7, 11) is 3.93. The van der Waals surface area contributed by atoms with E-state index in [-0.39, 0.29) is 0 Å². The summed E-state index contributed by atoms with van der Waals surface area (Å²) in [6.45, 7) is 7.21. The molecule has 0 rings (SSSR count). The molecule has 3 heteroatoms. The van der Waals surface area contributed by atoms with E-state index < -0.39 is 0 Å². The van der Waals surface area contributed by atoms with Gasteiger partial charge in [0.2, 0.25) is 0 Å². The van der Waals surface area contributed by atoms with E-state index in [1.165, 1.54) is 0 Å². The van der Waals surface area contributed by atoms with Gasteiger partial charge < -0.3 is 10.2 Å². The van der Waals surface area contributed by atoms with E-state index in [4.69, 9.17) is 0 Å². The highest BCUT2D eigenvalue weighted by atomic mass is 15.3. The van der Waals surface area contributed by atoms with Crippen molar-refractivity contribution in [1.82, 2.24) is 10.2 Å². The van der Waals surface area contributed by atoms with E-state index in [9.17, 15) is 0 Å². The zero-order valence-corrected chi connectivity index (χ0v) is 7.59. The van der Waals surface area contributed by atoms with Gasteiger partial charge in [-0.3, -0.25) is 0 Å². The zero-order chi connectivity index (χ0) is 8.69. The average molecular weight is 155 g/mol. The van der Waals surface area contributed by atoms with Gasteiger partial charge in [-0.05, 0) is 6.92 Å². The van der Waals surface area contributed by atoms with Gasteiger partial charge in [0, 0.05) is 20.6 Å². The van der Waals surface area contributed by atoms with Crippen LogP contribution in [0.15, 0.2) is 17.6 Å². The fourth-order valence-corrected chi connectivity index (χ4v) is 0.665. The number of rotatable bonds is 3. The zero-order valence-electron chi connectivity index (χ0n) is 7.59. The highest BCUT2D eigenvalue weighted by molar-refractivity contribution is 5.79. The molecule has 1 N–H and O–H groups in total. The third-order valence-corrected chi connectivity index (χ3v) is 1.13. The van der Waals surface area contributed by atoms with Crippen LogP contribution >= 0.6 is 0 Å². The fraction of sp³-hybridized carbons (Fsp3) is 0.625. The van der Waals surface area contributed by atoms with Crippen molar-refractivity contribution >= 4 is 5.96 Å². The first-order valence-electron chi connectivity index (χ1n) is 3.79. The molecule has 0 heterocycles. The van der Waals surface area contributed by atoms with Crippen LogP contribution in [-0.2, 0) is 0 Å². The molecule has 11 heavy (non-hydrogen) atoms. The SMILES string of the molecule is C=CCN=C(NCC)N(C)C. The Kier molecular flexibility index (Phi) is 5.25. The van der Waals surface area contributed by atoms with E-state index in [1.807, 2.05) is 25.9 Å². The predicted molar refractivity (Wildman–Crippen MR) is 49.9 cm³/mol. The second-order valence-corrected chi connectivity index (χ2v) is 2.38. The standard InChI is InChI=1S/C8H17N3/c1-5-7-10-8(9-6-2)11(3)4/h5H,1,6-7H2,2-4H3,(H,9,10). The number of hydrogen-bond donors (Lipinski definition) is 1. The van der Waals surface area contributed by atoms with Crippen molar-refractivity contribution < 1.29 is 0 Å². The topological polar surface area (TPSA) is 27.6 Å². The maximum Gasteiger partial charge on any atom is 0.193 e. The third-order valence-electron chi connectivity index (χ3n) is 1.13. The summed E-state index contributed by atoms with van der Waals surface area (Å²) in [6, 6.07) is 0. The molecule has 0 aromatic rings. The van der Waals surface area contributed by atoms with Crippen LogP contribution in [0.3, 0.4) is 0 Å². The second-order valence-electron chi connectivity index (χ2n) is 2.38. The molecular weight excluding hydrogens is 138 g/mol. The Morgan fingerprint density at radius 1 is 1.64 bits per heavy atom. The summed E-state index contributed by atoms with van der Waals surface area (Å²) in [5, 5.41) is 3.14. The minimum Gasteiger partial charge on any atom is -0.357 e. The number of aliphatic imine (C=N–C) groups is 1. The first-order valence-corrected chi connectivity index (χ1v) is 3.79. The quantitative estimate of drug-likeness (QED) is 0.369. The van der Waals surface area contributed by atoms with Gasteiger partial charge in [0.05, 0.1) is 6.54 Å². The van der Waals surface area contributed by atoms with Gasteiger partial charge in [-0.2, -0.15) is 0 Å². The van der Waals surface area contributed by atoms with Gasteiger partial charge >= 0.3 is 0 Å². The summed E-state index contributed by atoms with van der Waals surface area (Å²) < 4.78 is 0. The molecule has 0 spiro atoms. The Labute approximate surface area is 68.8 Å². The van der Waals surface area contributed by atoms with Crippen LogP contribution in [-0.4, -0.2) is 38.0 Å². The van der Waals surface area contributed by atoms with Crippen LogP contribution in [0.25, 0.3) is 0 Å². The molecule has 0 aliphatic heterocycles. The normalized spacial score (nSPS) is 11.0. The molecule has 0 aliphatic carbocycles. The predicted octanol–water partition coefficient (Wildman–Crippen LogP) is 0.700. The first kappa shape index (κ1) is 10.0. The highest BCUT2D eigenvalue weighted by Crippen LogP contribution is 1.80. The lowest BCUT2D eigenvalue weighted by atomic mass is 10.6. The number of guanidine groups is 1. The molecule has 0 fully saturated rings. The van der Waals surface area contributed by atoms with Crippen LogP contribution in [0.1, 0.15) is 6.92 Å². The van der Waals surface area contributed by atoms with Gasteiger partial charge in [-0.15, -0.1) is 6.58 Å². The van der Waals surface area contributed by atoms with Crippen LogP contribution in [0, 0.1) is 0 Å². The molecule has 0 saturated carbocycles. The van der Waals surface area contributed by atoms with Crippen LogP contribution < -0.4 is 5.32 Å². The molecule has 0 unspecified atom stereocenters. The molecule has 0 aliphatic rings. The molecule has 3 nitrogen and oxygen atoms in total. The second kappa shape index (κ2) is 5.77. The summed E-state index contributed by atoms with van der Waals surface area (Å²) >= 11 is 0. The van der Waals surface area contributed by atoms with Gasteiger partial charge in [0.25, 0.3) is 0 Å². The van der Waals surface area contributed by atoms with E-state index >= 15 is 0 Å². The van der Waals surface area contributed by atoms with Gasteiger partial charge in [-0.25, -0.2) is 4.99 Å². The minimum absolute atomic E-state index is 0.667. The van der Waals surface area contributed by atoms with Crippen molar-refractivity contribution in [2.75, 3.05) is 27.2 Å². The molecule has 0 bridgehead atoms. The molecule has 0 aromatic heterocycles. The van der Waals surface area contributed by atoms with Crippen molar-refractivity contribution in [3.8, 4) is 0 Å². The molecule has 0 saturated heterocycles. The average Bonchev–Trinajstić information content (AvgIpc) is 1.97. The van der Waals surface area contributed by atoms with Crippen molar-refractivity contribution in [2.24, 2.45) is 4.99 Å². The Bertz CT molecular complexity index is 138. The maximum absolute atomic E-state index is 4.24. The number of nitrogens with zero attached hydrogens (tertiary/aromatic N) is 2. The largest absolute Gasteiger partial charge is 0.357 e. The number of nitrogens with one attached hydrogen (secondary N) is 1. The Morgan fingerprint density at radius 3 is 2.64 bits per heavy atom. The van der Waals surface area contributed by atoms with Crippen LogP contribution in [0.2, 0.25) is 0 Å². The molecule has 0 amide bonds. The van der Waals surface area contributed by atoms with E-state index in [2.05, 4.69) is 16.9 Å². The summed E-state index contributed by atoms with van der Waals surface area (Å²) in [4.78, 5) is 6.20. The Hall–Kier alpha value is -0.990. The molecule has 0 radical (unpaired) electrons. The van der Waals surface area contributed by atoms with Crippen molar-refractivity contribution in [3.05, 3.63) is 12.7 Å². The molecule has 0 atom stereocenters. The molecular formula is C8H17N3. The summed E-state index contributed by atoms with van der Waals surface area (Å²) in [6.07, 6.45) is 1.78. The lowest BCUT2D eigenvalue weighted by molar-refractivity contribution is 0.586. The monoisotopic (exact) mass is 155 g/mol. The highest BCUT2D eigenvalue weighted by Gasteiger charge is 1.95. The third kappa shape index (κ3) is 4.42. The van der Waals surface area contributed by atoms with Crippen LogP contribution in [0.5, 0.6) is 0 Å². The van der Waals surface area contributed by atoms with Crippen molar-refractivity contribution in [1.29, 1.82) is 0 Å². The van der Waals surface area contributed by atoms with E-state index in [0.717, 1.165) is 12.5 Å². The van der Waals surface area contributed by atoms with Gasteiger partial charge in [0.1, 0.15) is 0 Å². The lowest BCUT2D eigenvalue weighted by Gasteiger charge is -2.15. The van der Waals surface area contributed by atoms with E-state index in [0.29, 0.717) is 6.54 Å². The minimum atomic E-state index is 0.667. The summed E-state index contributed by atoms with van der Waals surface area (Å²) in [5.41, 5.74) is 0. The van der Waals surface area contributed by atoms with E-state index in [1.54, 1.807) is 6.08 Å². The smallest absolute Gasteiger partial charge is 0.193 e.